The van der Waals surface area contributed by atoms with E-state index >= 15 is 0 Å². The zero-order valence-electron chi connectivity index (χ0n) is 15.9. The molecule has 2 aromatic rings. The Morgan fingerprint density at radius 3 is 2.46 bits per heavy atom. The molecule has 1 N–H and O–H groups in total. The molecule has 148 valence electrons. The molecule has 6 heteroatoms. The Morgan fingerprint density at radius 2 is 1.71 bits per heavy atom. The Balaban J connectivity index is 1.38. The number of para-hydroxylation sites is 1. The van der Waals surface area contributed by atoms with Crippen molar-refractivity contribution in [2.24, 2.45) is 0 Å². The molecule has 4 nitrogen and oxygen atoms in total. The third kappa shape index (κ3) is 4.29. The van der Waals surface area contributed by atoms with Crippen molar-refractivity contribution in [3.63, 3.8) is 0 Å². The Hall–Kier alpha value is -1.75. The molecule has 2 aliphatic heterocycles. The van der Waals surface area contributed by atoms with E-state index in [9.17, 15) is 4.79 Å². The van der Waals surface area contributed by atoms with Crippen LogP contribution >= 0.6 is 23.2 Å². The minimum atomic E-state index is -0.0725. The Kier molecular flexibility index (Phi) is 6.10. The molecule has 0 atom stereocenters. The lowest BCUT2D eigenvalue weighted by Crippen LogP contribution is -2.26. The topological polar surface area (TPSA) is 35.6 Å². The van der Waals surface area contributed by atoms with Crippen LogP contribution in [0.5, 0.6) is 0 Å². The van der Waals surface area contributed by atoms with E-state index < -0.39 is 0 Å². The van der Waals surface area contributed by atoms with E-state index in [0.717, 1.165) is 19.5 Å². The highest BCUT2D eigenvalue weighted by molar-refractivity contribution is 6.39. The van der Waals surface area contributed by atoms with Gasteiger partial charge in [0.15, 0.2) is 0 Å². The smallest absolute Gasteiger partial charge is 0.226 e. The molecule has 0 aromatic heterocycles. The first-order chi connectivity index (χ1) is 13.6. The van der Waals surface area contributed by atoms with Gasteiger partial charge in [-0.05, 0) is 61.7 Å². The van der Waals surface area contributed by atoms with Crippen molar-refractivity contribution in [3.8, 4) is 0 Å². The van der Waals surface area contributed by atoms with E-state index in [1.54, 1.807) is 18.2 Å². The zero-order chi connectivity index (χ0) is 19.5. The summed E-state index contributed by atoms with van der Waals surface area (Å²) in [6.07, 6.45) is 4.08. The molecule has 2 aromatic carbocycles. The monoisotopic (exact) mass is 417 g/mol. The predicted octanol–water partition coefficient (Wildman–Crippen LogP) is 4.98. The predicted molar refractivity (Wildman–Crippen MR) is 117 cm³/mol. The standard InChI is InChI=1S/C22H25Cl2N3O/c23-18-6-4-7-19(24)22(18)25-21(28)10-14-27-13-9-17-16(5-3-8-20(17)27)15-26-11-1-2-12-26/h3-8H,1-2,9-15H2,(H,25,28). The van der Waals surface area contributed by atoms with Crippen LogP contribution < -0.4 is 10.2 Å². The number of hydrogen-bond acceptors (Lipinski definition) is 3. The maximum absolute atomic E-state index is 12.4. The number of rotatable bonds is 6. The summed E-state index contributed by atoms with van der Waals surface area (Å²) in [4.78, 5) is 17.3. The van der Waals surface area contributed by atoms with Gasteiger partial charge in [-0.3, -0.25) is 9.69 Å². The summed E-state index contributed by atoms with van der Waals surface area (Å²) in [6, 6.07) is 11.8. The van der Waals surface area contributed by atoms with E-state index in [1.165, 1.54) is 42.7 Å². The second-order valence-corrected chi connectivity index (χ2v) is 8.34. The molecule has 28 heavy (non-hydrogen) atoms. The molecule has 0 bridgehead atoms. The molecule has 0 unspecified atom stereocenters. The molecule has 0 saturated carbocycles. The fraction of sp³-hybridized carbons (Fsp3) is 0.409. The first kappa shape index (κ1) is 19.6. The third-order valence-electron chi connectivity index (χ3n) is 5.65. The van der Waals surface area contributed by atoms with Gasteiger partial charge in [-0.1, -0.05) is 41.4 Å². The van der Waals surface area contributed by atoms with Gasteiger partial charge in [0, 0.05) is 31.7 Å². The van der Waals surface area contributed by atoms with Crippen molar-refractivity contribution in [2.45, 2.75) is 32.2 Å². The van der Waals surface area contributed by atoms with Crippen LogP contribution in [0.3, 0.4) is 0 Å². The molecule has 1 saturated heterocycles. The van der Waals surface area contributed by atoms with Crippen molar-refractivity contribution in [1.29, 1.82) is 0 Å². The van der Waals surface area contributed by atoms with Gasteiger partial charge in [0.2, 0.25) is 5.91 Å². The number of likely N-dealkylation sites (tertiary alicyclic amines) is 1. The van der Waals surface area contributed by atoms with E-state index in [-0.39, 0.29) is 5.91 Å². The summed E-state index contributed by atoms with van der Waals surface area (Å²) in [5, 5.41) is 3.76. The second kappa shape index (κ2) is 8.73. The first-order valence-corrected chi connectivity index (χ1v) is 10.7. The second-order valence-electron chi connectivity index (χ2n) is 7.53. The molecule has 0 aliphatic carbocycles. The van der Waals surface area contributed by atoms with Gasteiger partial charge < -0.3 is 10.2 Å². The maximum atomic E-state index is 12.4. The molecule has 0 radical (unpaired) electrons. The van der Waals surface area contributed by atoms with Crippen molar-refractivity contribution in [1.82, 2.24) is 4.90 Å². The van der Waals surface area contributed by atoms with Crippen LogP contribution in [0.15, 0.2) is 36.4 Å². The fourth-order valence-electron chi connectivity index (χ4n) is 4.19. The van der Waals surface area contributed by atoms with Gasteiger partial charge >= 0.3 is 0 Å². The van der Waals surface area contributed by atoms with Gasteiger partial charge in [0.05, 0.1) is 15.7 Å². The summed E-state index contributed by atoms with van der Waals surface area (Å²) in [7, 11) is 0. The quantitative estimate of drug-likeness (QED) is 0.719. The highest BCUT2D eigenvalue weighted by Gasteiger charge is 2.23. The lowest BCUT2D eigenvalue weighted by atomic mass is 10.0. The Labute approximate surface area is 176 Å². The number of carbonyl (C=O) groups is 1. The van der Waals surface area contributed by atoms with Crippen LogP contribution in [0.2, 0.25) is 10.0 Å². The number of anilines is 2. The Bertz CT molecular complexity index is 845. The zero-order valence-corrected chi connectivity index (χ0v) is 17.4. The van der Waals surface area contributed by atoms with Crippen LogP contribution in [0.1, 0.15) is 30.4 Å². The molecule has 1 fully saturated rings. The van der Waals surface area contributed by atoms with E-state index in [0.29, 0.717) is 28.7 Å². The fourth-order valence-corrected chi connectivity index (χ4v) is 4.68. The number of nitrogens with one attached hydrogen (secondary N) is 1. The summed E-state index contributed by atoms with van der Waals surface area (Å²) in [5.74, 6) is -0.0725. The number of fused-ring (bicyclic) bond motifs is 1. The molecule has 4 rings (SSSR count). The lowest BCUT2D eigenvalue weighted by molar-refractivity contribution is -0.116. The van der Waals surface area contributed by atoms with Crippen LogP contribution in [-0.2, 0) is 17.8 Å². The summed E-state index contributed by atoms with van der Waals surface area (Å²) in [5.41, 5.74) is 4.66. The van der Waals surface area contributed by atoms with Gasteiger partial charge in [-0.15, -0.1) is 0 Å². The highest BCUT2D eigenvalue weighted by Crippen LogP contribution is 2.33. The van der Waals surface area contributed by atoms with Crippen LogP contribution in [-0.4, -0.2) is 37.0 Å². The molecule has 0 spiro atoms. The number of halogens is 2. The van der Waals surface area contributed by atoms with Crippen molar-refractivity contribution < 1.29 is 4.79 Å². The van der Waals surface area contributed by atoms with Crippen LogP contribution in [0, 0.1) is 0 Å². The molecule has 2 heterocycles. The van der Waals surface area contributed by atoms with E-state index in [1.807, 2.05) is 0 Å². The van der Waals surface area contributed by atoms with Gasteiger partial charge in [0.1, 0.15) is 0 Å². The van der Waals surface area contributed by atoms with Crippen LogP contribution in [0.4, 0.5) is 11.4 Å². The number of amides is 1. The minimum Gasteiger partial charge on any atom is -0.370 e. The molecular formula is C22H25Cl2N3O. The molecule has 1 amide bonds. The minimum absolute atomic E-state index is 0.0725. The van der Waals surface area contributed by atoms with E-state index in [4.69, 9.17) is 23.2 Å². The van der Waals surface area contributed by atoms with Crippen molar-refractivity contribution in [2.75, 3.05) is 36.4 Å². The third-order valence-corrected chi connectivity index (χ3v) is 6.28. The average Bonchev–Trinajstić information content (AvgIpc) is 3.33. The lowest BCUT2D eigenvalue weighted by Gasteiger charge is -2.21. The summed E-state index contributed by atoms with van der Waals surface area (Å²) < 4.78 is 0. The SMILES string of the molecule is O=C(CCN1CCc2c(CN3CCCC3)cccc21)Nc1c(Cl)cccc1Cl. The largest absolute Gasteiger partial charge is 0.370 e. The first-order valence-electron chi connectivity index (χ1n) is 9.94. The summed E-state index contributed by atoms with van der Waals surface area (Å²) >= 11 is 12.3. The Morgan fingerprint density at radius 1 is 1.00 bits per heavy atom. The number of carbonyl (C=O) groups excluding carboxylic acids is 1. The highest BCUT2D eigenvalue weighted by atomic mass is 35.5. The van der Waals surface area contributed by atoms with Gasteiger partial charge in [-0.2, -0.15) is 0 Å². The van der Waals surface area contributed by atoms with Gasteiger partial charge in [-0.25, -0.2) is 0 Å². The number of benzene rings is 2. The van der Waals surface area contributed by atoms with Gasteiger partial charge in [0.25, 0.3) is 0 Å². The summed E-state index contributed by atoms with van der Waals surface area (Å²) in [6.45, 7) is 5.11. The molecular weight excluding hydrogens is 393 g/mol. The number of nitrogens with zero attached hydrogens (tertiary/aromatic N) is 2. The number of hydrogen-bond donors (Lipinski definition) is 1. The normalized spacial score (nSPS) is 16.4. The average molecular weight is 418 g/mol. The van der Waals surface area contributed by atoms with Crippen molar-refractivity contribution >= 4 is 40.5 Å². The maximum Gasteiger partial charge on any atom is 0.226 e. The van der Waals surface area contributed by atoms with Crippen molar-refractivity contribution in [3.05, 3.63) is 57.6 Å². The van der Waals surface area contributed by atoms with Crippen LogP contribution in [0.25, 0.3) is 0 Å². The molecule has 2 aliphatic rings. The van der Waals surface area contributed by atoms with E-state index in [2.05, 4.69) is 33.3 Å².